The molecule has 31 heavy (non-hydrogen) atoms. The summed E-state index contributed by atoms with van der Waals surface area (Å²) in [6.07, 6.45) is 1.41. The van der Waals surface area contributed by atoms with E-state index < -0.39 is 67.1 Å². The molecule has 2 heterocycles. The van der Waals surface area contributed by atoms with Gasteiger partial charge in [-0.1, -0.05) is 45.4 Å². The van der Waals surface area contributed by atoms with Crippen molar-refractivity contribution in [2.75, 3.05) is 6.61 Å². The Hall–Kier alpha value is -1.75. The number of unbranched alkanes of at least 4 members (excludes halogenated alkanes) is 6. The van der Waals surface area contributed by atoms with Gasteiger partial charge in [-0.2, -0.15) is 0 Å². The van der Waals surface area contributed by atoms with Crippen LogP contribution in [0.25, 0.3) is 0 Å². The monoisotopic (exact) mass is 445 g/mol. The van der Waals surface area contributed by atoms with Crippen molar-refractivity contribution in [1.82, 2.24) is 5.32 Å². The van der Waals surface area contributed by atoms with Gasteiger partial charge in [0, 0.05) is 13.3 Å². The van der Waals surface area contributed by atoms with Gasteiger partial charge < -0.3 is 34.8 Å². The third kappa shape index (κ3) is 6.61. The lowest BCUT2D eigenvalue weighted by Crippen LogP contribution is -2.72. The molecule has 6 unspecified atom stereocenters. The fourth-order valence-electron chi connectivity index (χ4n) is 4.03. The molecule has 0 saturated carbocycles. The number of hydrogen-bond acceptors (Lipinski definition) is 9. The maximum Gasteiger partial charge on any atom is 0.380 e. The molecule has 2 rings (SSSR count). The third-order valence-electron chi connectivity index (χ3n) is 5.65. The summed E-state index contributed by atoms with van der Waals surface area (Å²) in [6.45, 7) is 2.65. The normalized spacial score (nSPS) is 30.9. The van der Waals surface area contributed by atoms with Crippen molar-refractivity contribution >= 4 is 17.8 Å². The molecule has 2 bridgehead atoms. The first-order chi connectivity index (χ1) is 14.7. The molecule has 6 atom stereocenters. The average Bonchev–Trinajstić information content (AvgIpc) is 2.71. The number of esters is 2. The lowest BCUT2D eigenvalue weighted by molar-refractivity contribution is -0.333. The fraction of sp³-hybridized carbons (Fsp3) is 0.857. The van der Waals surface area contributed by atoms with E-state index in [-0.39, 0.29) is 6.42 Å². The highest BCUT2D eigenvalue weighted by molar-refractivity contribution is 5.83. The van der Waals surface area contributed by atoms with Crippen molar-refractivity contribution in [2.45, 2.75) is 108 Å². The first kappa shape index (κ1) is 25.5. The van der Waals surface area contributed by atoms with Crippen LogP contribution in [0.3, 0.4) is 0 Å². The summed E-state index contributed by atoms with van der Waals surface area (Å²) < 4.78 is 16.3. The van der Waals surface area contributed by atoms with Gasteiger partial charge in [0.25, 0.3) is 0 Å². The maximum atomic E-state index is 12.6. The zero-order valence-corrected chi connectivity index (χ0v) is 18.2. The van der Waals surface area contributed by atoms with Crippen LogP contribution in [0.1, 0.15) is 71.6 Å². The summed E-state index contributed by atoms with van der Waals surface area (Å²) >= 11 is 0. The number of carbonyl (C=O) groups excluding carboxylic acids is 3. The Morgan fingerprint density at radius 2 is 1.87 bits per heavy atom. The van der Waals surface area contributed by atoms with E-state index in [0.29, 0.717) is 6.42 Å². The third-order valence-corrected chi connectivity index (χ3v) is 5.65. The second kappa shape index (κ2) is 11.8. The molecule has 4 N–H and O–H groups in total. The number of aliphatic hydroxyl groups excluding tert-OH is 3. The topological polar surface area (TPSA) is 152 Å². The summed E-state index contributed by atoms with van der Waals surface area (Å²) in [5, 5.41) is 32.4. The second-order valence-electron chi connectivity index (χ2n) is 8.30. The van der Waals surface area contributed by atoms with Crippen LogP contribution < -0.4 is 5.32 Å². The van der Waals surface area contributed by atoms with E-state index in [1.165, 1.54) is 19.8 Å². The molecule has 0 aromatic rings. The molecule has 0 aromatic carbocycles. The highest BCUT2D eigenvalue weighted by Gasteiger charge is 2.63. The number of carbonyl (C=O) groups is 3. The molecule has 0 radical (unpaired) electrons. The minimum absolute atomic E-state index is 0.0880. The quantitative estimate of drug-likeness (QED) is 0.245. The Kier molecular flexibility index (Phi) is 9.67. The van der Waals surface area contributed by atoms with Gasteiger partial charge in [0.2, 0.25) is 5.91 Å². The Balaban J connectivity index is 2.01. The summed E-state index contributed by atoms with van der Waals surface area (Å²) in [5.41, 5.74) is 0. The molecule has 0 spiro atoms. The number of hydrogen-bond donors (Lipinski definition) is 4. The van der Waals surface area contributed by atoms with Crippen molar-refractivity contribution in [3.8, 4) is 0 Å². The summed E-state index contributed by atoms with van der Waals surface area (Å²) in [7, 11) is 0. The van der Waals surface area contributed by atoms with E-state index in [9.17, 15) is 29.7 Å². The number of aliphatic hydroxyl groups is 3. The van der Waals surface area contributed by atoms with E-state index >= 15 is 0 Å². The Labute approximate surface area is 182 Å². The van der Waals surface area contributed by atoms with Gasteiger partial charge in [-0.15, -0.1) is 0 Å². The van der Waals surface area contributed by atoms with Crippen molar-refractivity contribution in [3.05, 3.63) is 0 Å². The molecule has 2 fully saturated rings. The molecule has 0 aliphatic carbocycles. The van der Waals surface area contributed by atoms with Gasteiger partial charge in [0.15, 0.2) is 6.10 Å². The largest absolute Gasteiger partial charge is 0.452 e. The maximum absolute atomic E-state index is 12.6. The molecule has 2 saturated heterocycles. The Morgan fingerprint density at radius 3 is 2.48 bits per heavy atom. The predicted octanol–water partition coefficient (Wildman–Crippen LogP) is 0.300. The zero-order chi connectivity index (χ0) is 23.0. The first-order valence-corrected chi connectivity index (χ1v) is 11.1. The SMILES string of the molecule is CCCCCCCCCC(=O)OC12CC(O)C(NC(C)=O)C(O1)C(C(O)CO)OC2=O. The fourth-order valence-corrected chi connectivity index (χ4v) is 4.03. The molecule has 10 nitrogen and oxygen atoms in total. The van der Waals surface area contributed by atoms with Gasteiger partial charge in [0.05, 0.1) is 25.2 Å². The van der Waals surface area contributed by atoms with Crippen LogP contribution >= 0.6 is 0 Å². The van der Waals surface area contributed by atoms with Crippen LogP contribution in [0.4, 0.5) is 0 Å². The van der Waals surface area contributed by atoms with E-state index in [4.69, 9.17) is 14.2 Å². The Morgan fingerprint density at radius 1 is 1.23 bits per heavy atom. The number of ether oxygens (including phenoxy) is 3. The van der Waals surface area contributed by atoms with Gasteiger partial charge >= 0.3 is 17.7 Å². The predicted molar refractivity (Wildman–Crippen MR) is 108 cm³/mol. The van der Waals surface area contributed by atoms with E-state index in [2.05, 4.69) is 12.2 Å². The molecule has 178 valence electrons. The number of cyclic esters (lactones) is 1. The van der Waals surface area contributed by atoms with Crippen LogP contribution in [0, 0.1) is 0 Å². The standard InChI is InChI=1S/C21H35NO9/c1-3-4-5-6-7-8-9-10-16(27)30-21-11-14(25)17(22-13(2)24)19(31-21)18(15(26)12-23)29-20(21)28/h14-15,17-19,23,25-26H,3-12H2,1-2H3,(H,22,24). The van der Waals surface area contributed by atoms with E-state index in [1.807, 2.05) is 0 Å². The molecular formula is C21H35NO9. The lowest BCUT2D eigenvalue weighted by Gasteiger charge is -2.51. The van der Waals surface area contributed by atoms with Crippen LogP contribution in [-0.4, -0.2) is 76.0 Å². The average molecular weight is 446 g/mol. The smallest absolute Gasteiger partial charge is 0.380 e. The van der Waals surface area contributed by atoms with Gasteiger partial charge in [-0.3, -0.25) is 9.59 Å². The minimum Gasteiger partial charge on any atom is -0.452 e. The van der Waals surface area contributed by atoms with Crippen LogP contribution in [-0.2, 0) is 28.6 Å². The second-order valence-corrected chi connectivity index (χ2v) is 8.30. The first-order valence-electron chi connectivity index (χ1n) is 11.1. The number of fused-ring (bicyclic) bond motifs is 2. The number of rotatable bonds is 12. The van der Waals surface area contributed by atoms with Crippen LogP contribution in [0.2, 0.25) is 0 Å². The van der Waals surface area contributed by atoms with Crippen molar-refractivity contribution in [3.63, 3.8) is 0 Å². The summed E-state index contributed by atoms with van der Waals surface area (Å²) in [6, 6.07) is -1.02. The molecule has 1 amide bonds. The summed E-state index contributed by atoms with van der Waals surface area (Å²) in [5.74, 6) is -4.33. The Bertz CT molecular complexity index is 626. The van der Waals surface area contributed by atoms with Gasteiger partial charge in [0.1, 0.15) is 12.2 Å². The van der Waals surface area contributed by atoms with E-state index in [0.717, 1.165) is 25.7 Å². The molecular weight excluding hydrogens is 410 g/mol. The van der Waals surface area contributed by atoms with Gasteiger partial charge in [-0.25, -0.2) is 4.79 Å². The minimum atomic E-state index is -2.15. The van der Waals surface area contributed by atoms with Gasteiger partial charge in [-0.05, 0) is 6.42 Å². The van der Waals surface area contributed by atoms with Crippen LogP contribution in [0.5, 0.6) is 0 Å². The molecule has 0 aromatic heterocycles. The highest BCUT2D eigenvalue weighted by atomic mass is 16.8. The van der Waals surface area contributed by atoms with E-state index in [1.54, 1.807) is 0 Å². The zero-order valence-electron chi connectivity index (χ0n) is 18.2. The number of amides is 1. The number of nitrogens with one attached hydrogen (secondary N) is 1. The van der Waals surface area contributed by atoms with Crippen molar-refractivity contribution < 1.29 is 43.9 Å². The lowest BCUT2D eigenvalue weighted by atomic mass is 9.86. The molecule has 10 heteroatoms. The summed E-state index contributed by atoms with van der Waals surface area (Å²) in [4.78, 5) is 36.5. The van der Waals surface area contributed by atoms with Crippen LogP contribution in [0.15, 0.2) is 0 Å². The highest BCUT2D eigenvalue weighted by Crippen LogP contribution is 2.39. The molecule has 2 aliphatic heterocycles. The van der Waals surface area contributed by atoms with Crippen molar-refractivity contribution in [2.24, 2.45) is 0 Å². The van der Waals surface area contributed by atoms with Crippen molar-refractivity contribution in [1.29, 1.82) is 0 Å². The molecule has 2 aliphatic rings.